The molecule has 0 fully saturated rings. The first kappa shape index (κ1) is 16.2. The van der Waals surface area contributed by atoms with Crippen LogP contribution in [0.2, 0.25) is 0 Å². The Morgan fingerprint density at radius 2 is 1.80 bits per heavy atom. The standard InChI is InChI=1S/C10H13NO.C5H6O.C2H6/c1-8-3-4-10-9(7-8)11(2)5-6-12-10;1-5-2-3-6-4-5;1-2/h3-4,7H,5-6H2,1-2H3;2-4H,1H3;1-2H3. The highest BCUT2D eigenvalue weighted by atomic mass is 16.5. The van der Waals surface area contributed by atoms with E-state index in [0.29, 0.717) is 0 Å². The van der Waals surface area contributed by atoms with E-state index in [9.17, 15) is 0 Å². The molecule has 20 heavy (non-hydrogen) atoms. The fraction of sp³-hybridized carbons (Fsp3) is 0.412. The fourth-order valence-electron chi connectivity index (χ4n) is 1.79. The number of hydrogen-bond donors (Lipinski definition) is 0. The van der Waals surface area contributed by atoms with Crippen LogP contribution in [-0.2, 0) is 0 Å². The Kier molecular flexibility index (Phi) is 6.71. The number of furan rings is 1. The van der Waals surface area contributed by atoms with Gasteiger partial charge in [-0.3, -0.25) is 0 Å². The number of nitrogens with zero attached hydrogens (tertiary/aromatic N) is 1. The van der Waals surface area contributed by atoms with Crippen molar-refractivity contribution in [3.8, 4) is 5.75 Å². The van der Waals surface area contributed by atoms with E-state index in [-0.39, 0.29) is 0 Å². The zero-order valence-electron chi connectivity index (χ0n) is 13.1. The monoisotopic (exact) mass is 275 g/mol. The third-order valence-corrected chi connectivity index (χ3v) is 2.87. The van der Waals surface area contributed by atoms with Crippen LogP contribution >= 0.6 is 0 Å². The number of likely N-dealkylation sites (N-methyl/N-ethyl adjacent to an activating group) is 1. The lowest BCUT2D eigenvalue weighted by Crippen LogP contribution is -2.28. The lowest BCUT2D eigenvalue weighted by atomic mass is 10.2. The normalized spacial score (nSPS) is 12.2. The average Bonchev–Trinajstić information content (AvgIpc) is 2.94. The molecule has 0 spiro atoms. The van der Waals surface area contributed by atoms with Crippen molar-refractivity contribution in [2.24, 2.45) is 0 Å². The van der Waals surface area contributed by atoms with Gasteiger partial charge in [0.05, 0.1) is 24.8 Å². The van der Waals surface area contributed by atoms with Crippen LogP contribution in [0.4, 0.5) is 5.69 Å². The maximum absolute atomic E-state index is 5.51. The molecule has 2 aromatic rings. The summed E-state index contributed by atoms with van der Waals surface area (Å²) in [6, 6.07) is 8.20. The number of fused-ring (bicyclic) bond motifs is 1. The van der Waals surface area contributed by atoms with Crippen molar-refractivity contribution < 1.29 is 9.15 Å². The molecule has 3 heteroatoms. The van der Waals surface area contributed by atoms with Crippen molar-refractivity contribution in [2.45, 2.75) is 27.7 Å². The lowest BCUT2D eigenvalue weighted by molar-refractivity contribution is 0.311. The van der Waals surface area contributed by atoms with Crippen LogP contribution in [0.1, 0.15) is 25.0 Å². The van der Waals surface area contributed by atoms with Crippen LogP contribution in [0.5, 0.6) is 5.75 Å². The van der Waals surface area contributed by atoms with E-state index < -0.39 is 0 Å². The minimum absolute atomic E-state index is 0.798. The maximum atomic E-state index is 5.51. The molecule has 0 N–H and O–H groups in total. The van der Waals surface area contributed by atoms with Gasteiger partial charge < -0.3 is 14.1 Å². The molecule has 1 aromatic carbocycles. The van der Waals surface area contributed by atoms with Gasteiger partial charge in [0, 0.05) is 7.05 Å². The highest BCUT2D eigenvalue weighted by Gasteiger charge is 2.13. The summed E-state index contributed by atoms with van der Waals surface area (Å²) in [6.07, 6.45) is 3.37. The molecule has 0 aliphatic carbocycles. The van der Waals surface area contributed by atoms with Gasteiger partial charge in [0.1, 0.15) is 12.4 Å². The van der Waals surface area contributed by atoms with Gasteiger partial charge in [0.2, 0.25) is 0 Å². The van der Waals surface area contributed by atoms with E-state index in [1.54, 1.807) is 12.5 Å². The van der Waals surface area contributed by atoms with Crippen molar-refractivity contribution in [2.75, 3.05) is 25.1 Å². The van der Waals surface area contributed by atoms with Gasteiger partial charge in [0.25, 0.3) is 0 Å². The molecule has 0 bridgehead atoms. The first-order valence-electron chi connectivity index (χ1n) is 7.10. The number of aryl methyl sites for hydroxylation is 2. The van der Waals surface area contributed by atoms with Crippen molar-refractivity contribution in [3.63, 3.8) is 0 Å². The van der Waals surface area contributed by atoms with E-state index in [0.717, 1.165) is 18.9 Å². The molecule has 0 saturated heterocycles. The number of ether oxygens (including phenoxy) is 1. The Bertz CT molecular complexity index is 492. The largest absolute Gasteiger partial charge is 0.490 e. The zero-order valence-corrected chi connectivity index (χ0v) is 13.1. The van der Waals surface area contributed by atoms with Gasteiger partial charge in [-0.1, -0.05) is 19.9 Å². The molecule has 110 valence electrons. The SMILES string of the molecule is CC.Cc1ccc2c(c1)N(C)CCO2.Cc1ccoc1. The quantitative estimate of drug-likeness (QED) is 0.711. The third-order valence-electron chi connectivity index (χ3n) is 2.87. The summed E-state index contributed by atoms with van der Waals surface area (Å²) in [4.78, 5) is 2.23. The van der Waals surface area contributed by atoms with Gasteiger partial charge in [-0.25, -0.2) is 0 Å². The molecule has 3 rings (SSSR count). The number of rotatable bonds is 0. The van der Waals surface area contributed by atoms with E-state index in [1.807, 2.05) is 32.9 Å². The Labute approximate surface area is 122 Å². The smallest absolute Gasteiger partial charge is 0.142 e. The Balaban J connectivity index is 0.000000211. The Hall–Kier alpha value is -1.90. The van der Waals surface area contributed by atoms with E-state index in [1.165, 1.54) is 16.8 Å². The number of benzene rings is 1. The first-order chi connectivity index (χ1) is 9.66. The molecule has 1 aliphatic rings. The van der Waals surface area contributed by atoms with Gasteiger partial charge >= 0.3 is 0 Å². The average molecular weight is 275 g/mol. The minimum Gasteiger partial charge on any atom is -0.490 e. The second-order valence-electron chi connectivity index (χ2n) is 4.54. The molecule has 2 heterocycles. The second kappa shape index (κ2) is 8.31. The van der Waals surface area contributed by atoms with Crippen LogP contribution in [0.25, 0.3) is 0 Å². The molecule has 0 unspecified atom stereocenters. The summed E-state index contributed by atoms with van der Waals surface area (Å²) in [7, 11) is 2.10. The van der Waals surface area contributed by atoms with Gasteiger partial charge in [-0.15, -0.1) is 0 Å². The van der Waals surface area contributed by atoms with Crippen LogP contribution in [0.3, 0.4) is 0 Å². The van der Waals surface area contributed by atoms with Gasteiger partial charge in [0.15, 0.2) is 0 Å². The molecule has 1 aromatic heterocycles. The summed E-state index contributed by atoms with van der Waals surface area (Å²) < 4.78 is 10.2. The lowest BCUT2D eigenvalue weighted by Gasteiger charge is -2.27. The summed E-state index contributed by atoms with van der Waals surface area (Å²) in [5.74, 6) is 1.01. The van der Waals surface area contributed by atoms with E-state index >= 15 is 0 Å². The van der Waals surface area contributed by atoms with E-state index in [4.69, 9.17) is 9.15 Å². The van der Waals surface area contributed by atoms with Gasteiger partial charge in [-0.05, 0) is 43.2 Å². The molecule has 0 saturated carbocycles. The summed E-state index contributed by atoms with van der Waals surface area (Å²) >= 11 is 0. The highest BCUT2D eigenvalue weighted by Crippen LogP contribution is 2.30. The number of hydrogen-bond acceptors (Lipinski definition) is 3. The molecule has 0 atom stereocenters. The van der Waals surface area contributed by atoms with Crippen LogP contribution in [-0.4, -0.2) is 20.2 Å². The summed E-state index contributed by atoms with van der Waals surface area (Å²) in [5.41, 5.74) is 3.67. The maximum Gasteiger partial charge on any atom is 0.142 e. The van der Waals surface area contributed by atoms with Crippen molar-refractivity contribution >= 4 is 5.69 Å². The summed E-state index contributed by atoms with van der Waals surface area (Å²) in [5, 5.41) is 0. The number of anilines is 1. The Morgan fingerprint density at radius 1 is 1.05 bits per heavy atom. The second-order valence-corrected chi connectivity index (χ2v) is 4.54. The van der Waals surface area contributed by atoms with Crippen LogP contribution < -0.4 is 9.64 Å². The molecular formula is C17H25NO2. The molecular weight excluding hydrogens is 250 g/mol. The first-order valence-corrected chi connectivity index (χ1v) is 7.10. The Morgan fingerprint density at radius 3 is 2.35 bits per heavy atom. The van der Waals surface area contributed by atoms with E-state index in [2.05, 4.69) is 31.0 Å². The topological polar surface area (TPSA) is 25.6 Å². The molecule has 1 aliphatic heterocycles. The summed E-state index contributed by atoms with van der Waals surface area (Å²) in [6.45, 7) is 9.87. The highest BCUT2D eigenvalue weighted by molar-refractivity contribution is 5.60. The van der Waals surface area contributed by atoms with Crippen molar-refractivity contribution in [1.82, 2.24) is 0 Å². The predicted molar refractivity (Wildman–Crippen MR) is 84.7 cm³/mol. The molecule has 0 amide bonds. The fourth-order valence-corrected chi connectivity index (χ4v) is 1.79. The predicted octanol–water partition coefficient (Wildman–Crippen LogP) is 4.44. The van der Waals surface area contributed by atoms with Crippen LogP contribution in [0, 0.1) is 13.8 Å². The van der Waals surface area contributed by atoms with Crippen molar-refractivity contribution in [3.05, 3.63) is 47.9 Å². The third kappa shape index (κ3) is 4.65. The zero-order chi connectivity index (χ0) is 15.0. The van der Waals surface area contributed by atoms with Crippen molar-refractivity contribution in [1.29, 1.82) is 0 Å². The molecule has 3 nitrogen and oxygen atoms in total. The minimum atomic E-state index is 0.798. The van der Waals surface area contributed by atoms with Crippen LogP contribution in [0.15, 0.2) is 41.2 Å². The molecule has 0 radical (unpaired) electrons. The van der Waals surface area contributed by atoms with Gasteiger partial charge in [-0.2, -0.15) is 0 Å².